The monoisotopic (exact) mass is 534 g/mol. The van der Waals surface area contributed by atoms with Gasteiger partial charge in [-0.2, -0.15) is 5.10 Å². The molecule has 2 aliphatic heterocycles. The van der Waals surface area contributed by atoms with E-state index >= 15 is 0 Å². The molecule has 6 heteroatoms. The Labute approximate surface area is 237 Å². The fourth-order valence-electron chi connectivity index (χ4n) is 6.22. The highest BCUT2D eigenvalue weighted by Gasteiger charge is 2.24. The molecule has 0 spiro atoms. The van der Waals surface area contributed by atoms with Crippen LogP contribution < -0.4 is 4.90 Å². The second-order valence-electron chi connectivity index (χ2n) is 11.2. The second kappa shape index (κ2) is 11.3. The molecule has 4 aromatic rings. The van der Waals surface area contributed by atoms with Gasteiger partial charge in [0.15, 0.2) is 0 Å². The molecule has 3 heterocycles. The molecular weight excluding hydrogens is 496 g/mol. The Hall–Kier alpha value is -3.90. The van der Waals surface area contributed by atoms with Crippen molar-refractivity contribution in [1.29, 1.82) is 0 Å². The third-order valence-corrected chi connectivity index (χ3v) is 8.52. The molecule has 206 valence electrons. The molecule has 6 rings (SSSR count). The van der Waals surface area contributed by atoms with Crippen LogP contribution in [-0.4, -0.2) is 53.9 Å². The lowest BCUT2D eigenvalue weighted by atomic mass is 9.88. The van der Waals surface area contributed by atoms with Crippen molar-refractivity contribution >= 4 is 11.7 Å². The number of aromatic nitrogens is 2. The lowest BCUT2D eigenvalue weighted by Gasteiger charge is -2.30. The highest BCUT2D eigenvalue weighted by Crippen LogP contribution is 2.40. The van der Waals surface area contributed by atoms with Crippen molar-refractivity contribution in [3.8, 4) is 16.8 Å². The van der Waals surface area contributed by atoms with Crippen LogP contribution >= 0.6 is 0 Å². The summed E-state index contributed by atoms with van der Waals surface area (Å²) in [4.78, 5) is 17.1. The molecule has 0 saturated carbocycles. The number of carbonyl (C=O) groups excluding carboxylic acids is 1. The quantitative estimate of drug-likeness (QED) is 0.257. The topological polar surface area (TPSA) is 50.6 Å². The fourth-order valence-corrected chi connectivity index (χ4v) is 6.22. The third kappa shape index (κ3) is 5.28. The van der Waals surface area contributed by atoms with E-state index in [-0.39, 0.29) is 5.97 Å². The van der Waals surface area contributed by atoms with Gasteiger partial charge in [0.25, 0.3) is 0 Å². The Morgan fingerprint density at radius 1 is 1.02 bits per heavy atom. The van der Waals surface area contributed by atoms with Gasteiger partial charge in [0.2, 0.25) is 0 Å². The summed E-state index contributed by atoms with van der Waals surface area (Å²) < 4.78 is 6.87. The lowest BCUT2D eigenvalue weighted by molar-refractivity contribution is 0.0526. The van der Waals surface area contributed by atoms with E-state index in [1.165, 1.54) is 59.4 Å². The number of esters is 1. The molecule has 3 aromatic carbocycles. The summed E-state index contributed by atoms with van der Waals surface area (Å²) in [6.45, 7) is 8.72. The van der Waals surface area contributed by atoms with E-state index in [1.807, 2.05) is 6.07 Å². The average Bonchev–Trinajstić information content (AvgIpc) is 3.63. The number of fused-ring (bicyclic) bond motifs is 1. The molecule has 1 fully saturated rings. The molecule has 0 amide bonds. The Bertz CT molecular complexity index is 1520. The van der Waals surface area contributed by atoms with Gasteiger partial charge < -0.3 is 14.5 Å². The number of carbonyl (C=O) groups is 1. The number of nitrogens with zero attached hydrogens (tertiary/aromatic N) is 4. The van der Waals surface area contributed by atoms with E-state index in [0.717, 1.165) is 30.8 Å². The van der Waals surface area contributed by atoms with Crippen LogP contribution in [0.5, 0.6) is 0 Å². The molecule has 0 atom stereocenters. The standard InChI is InChI=1S/C34H38N4O2/c1-4-40-34(39)30-21-35-38(23-30)31-9-5-8-28(20-31)32-10-6-7-26-15-18-37(33(26)32)22-29-12-11-27(19-24(29)2)25-13-16-36(3)17-14-25/h5-12,19-21,23,25H,4,13-18,22H2,1-3H3. The lowest BCUT2D eigenvalue weighted by Crippen LogP contribution is -2.29. The van der Waals surface area contributed by atoms with E-state index < -0.39 is 0 Å². The van der Waals surface area contributed by atoms with Gasteiger partial charge in [-0.05, 0) is 99.1 Å². The normalized spacial score (nSPS) is 15.8. The third-order valence-electron chi connectivity index (χ3n) is 8.52. The molecule has 40 heavy (non-hydrogen) atoms. The number of hydrogen-bond acceptors (Lipinski definition) is 5. The summed E-state index contributed by atoms with van der Waals surface area (Å²) in [5.41, 5.74) is 10.7. The number of likely N-dealkylation sites (tertiary alicyclic amines) is 1. The van der Waals surface area contributed by atoms with Crippen molar-refractivity contribution in [3.05, 3.63) is 101 Å². The zero-order valence-corrected chi connectivity index (χ0v) is 23.8. The van der Waals surface area contributed by atoms with Crippen molar-refractivity contribution in [1.82, 2.24) is 14.7 Å². The van der Waals surface area contributed by atoms with Gasteiger partial charge in [-0.3, -0.25) is 0 Å². The van der Waals surface area contributed by atoms with Crippen LogP contribution in [0.2, 0.25) is 0 Å². The van der Waals surface area contributed by atoms with Crippen LogP contribution in [0.4, 0.5) is 5.69 Å². The van der Waals surface area contributed by atoms with Gasteiger partial charge in [-0.15, -0.1) is 0 Å². The Balaban J connectivity index is 1.25. The predicted molar refractivity (Wildman–Crippen MR) is 160 cm³/mol. The molecule has 0 radical (unpaired) electrons. The molecule has 0 bridgehead atoms. The molecule has 6 nitrogen and oxygen atoms in total. The fraction of sp³-hybridized carbons (Fsp3) is 0.353. The van der Waals surface area contributed by atoms with Gasteiger partial charge in [0.05, 0.1) is 24.1 Å². The Morgan fingerprint density at radius 2 is 1.85 bits per heavy atom. The first-order valence-electron chi connectivity index (χ1n) is 14.5. The molecular formula is C34H38N4O2. The maximum absolute atomic E-state index is 12.1. The van der Waals surface area contributed by atoms with Crippen molar-refractivity contribution in [2.45, 2.75) is 45.6 Å². The number of para-hydroxylation sites is 1. The van der Waals surface area contributed by atoms with E-state index in [9.17, 15) is 4.79 Å². The van der Waals surface area contributed by atoms with Crippen molar-refractivity contribution in [2.24, 2.45) is 0 Å². The summed E-state index contributed by atoms with van der Waals surface area (Å²) >= 11 is 0. The van der Waals surface area contributed by atoms with Crippen molar-refractivity contribution in [3.63, 3.8) is 0 Å². The molecule has 1 saturated heterocycles. The number of ether oxygens (including phenoxy) is 1. The molecule has 0 aliphatic carbocycles. The van der Waals surface area contributed by atoms with Crippen LogP contribution in [0.25, 0.3) is 16.8 Å². The second-order valence-corrected chi connectivity index (χ2v) is 11.2. The minimum absolute atomic E-state index is 0.344. The first kappa shape index (κ1) is 26.3. The summed E-state index contributed by atoms with van der Waals surface area (Å²) in [5, 5.41) is 4.43. The highest BCUT2D eigenvalue weighted by molar-refractivity contribution is 5.89. The minimum atomic E-state index is -0.351. The first-order chi connectivity index (χ1) is 19.5. The van der Waals surface area contributed by atoms with Gasteiger partial charge in [0.1, 0.15) is 0 Å². The number of piperidine rings is 1. The Kier molecular flexibility index (Phi) is 7.44. The van der Waals surface area contributed by atoms with Crippen molar-refractivity contribution in [2.75, 3.05) is 38.2 Å². The van der Waals surface area contributed by atoms with E-state index in [2.05, 4.69) is 83.5 Å². The van der Waals surface area contributed by atoms with Crippen molar-refractivity contribution < 1.29 is 9.53 Å². The molecule has 0 N–H and O–H groups in total. The zero-order valence-electron chi connectivity index (χ0n) is 23.8. The first-order valence-corrected chi connectivity index (χ1v) is 14.5. The van der Waals surface area contributed by atoms with Gasteiger partial charge >= 0.3 is 5.97 Å². The van der Waals surface area contributed by atoms with Gasteiger partial charge in [0, 0.05) is 30.5 Å². The van der Waals surface area contributed by atoms with E-state index in [0.29, 0.717) is 18.1 Å². The minimum Gasteiger partial charge on any atom is -0.462 e. The smallest absolute Gasteiger partial charge is 0.341 e. The SMILES string of the molecule is CCOC(=O)c1cnn(-c2cccc(-c3cccc4c3N(Cc3ccc(C5CCN(C)CC5)cc3C)CC4)c2)c1. The summed E-state index contributed by atoms with van der Waals surface area (Å²) in [6, 6.07) is 22.2. The summed E-state index contributed by atoms with van der Waals surface area (Å²) in [6.07, 6.45) is 6.85. The summed E-state index contributed by atoms with van der Waals surface area (Å²) in [5.74, 6) is 0.328. The number of hydrogen-bond donors (Lipinski definition) is 0. The maximum Gasteiger partial charge on any atom is 0.341 e. The van der Waals surface area contributed by atoms with Crippen LogP contribution in [0, 0.1) is 6.92 Å². The number of aryl methyl sites for hydroxylation is 1. The largest absolute Gasteiger partial charge is 0.462 e. The van der Waals surface area contributed by atoms with E-state index in [1.54, 1.807) is 24.0 Å². The molecule has 1 aromatic heterocycles. The zero-order chi connectivity index (χ0) is 27.6. The van der Waals surface area contributed by atoms with Crippen LogP contribution in [0.3, 0.4) is 0 Å². The summed E-state index contributed by atoms with van der Waals surface area (Å²) in [7, 11) is 2.22. The molecule has 2 aliphatic rings. The predicted octanol–water partition coefficient (Wildman–Crippen LogP) is 6.40. The Morgan fingerprint density at radius 3 is 2.65 bits per heavy atom. The average molecular weight is 535 g/mol. The van der Waals surface area contributed by atoms with Gasteiger partial charge in [-0.1, -0.05) is 48.5 Å². The van der Waals surface area contributed by atoms with Crippen LogP contribution in [-0.2, 0) is 17.7 Å². The van der Waals surface area contributed by atoms with Crippen LogP contribution in [0.15, 0.2) is 73.1 Å². The van der Waals surface area contributed by atoms with Gasteiger partial charge in [-0.25, -0.2) is 9.48 Å². The highest BCUT2D eigenvalue weighted by atomic mass is 16.5. The number of rotatable bonds is 7. The maximum atomic E-state index is 12.1. The van der Waals surface area contributed by atoms with Crippen LogP contribution in [0.1, 0.15) is 58.3 Å². The van der Waals surface area contributed by atoms with E-state index in [4.69, 9.17) is 4.74 Å². The number of anilines is 1. The number of benzene rings is 3. The molecule has 0 unspecified atom stereocenters.